The van der Waals surface area contributed by atoms with Crippen LogP contribution in [0.2, 0.25) is 0 Å². The summed E-state index contributed by atoms with van der Waals surface area (Å²) in [4.78, 5) is 4.08. The third kappa shape index (κ3) is 1.99. The van der Waals surface area contributed by atoms with Gasteiger partial charge in [-0.1, -0.05) is 0 Å². The summed E-state index contributed by atoms with van der Waals surface area (Å²) in [6, 6.07) is 4.98. The molecule has 1 aromatic carbocycles. The molecular weight excluding hydrogens is 152 g/mol. The van der Waals surface area contributed by atoms with Crippen molar-refractivity contribution in [2.75, 3.05) is 0 Å². The van der Waals surface area contributed by atoms with Crippen LogP contribution < -0.4 is 5.73 Å². The first-order chi connectivity index (χ1) is 5.59. The zero-order valence-electron chi connectivity index (χ0n) is 7.20. The highest BCUT2D eigenvalue weighted by atomic mass is 16.3. The predicted octanol–water partition coefficient (Wildman–Crippen LogP) is 1.71. The normalized spacial score (nSPS) is 11.7. The zero-order valence-corrected chi connectivity index (χ0v) is 7.20. The van der Waals surface area contributed by atoms with Crippen LogP contribution >= 0.6 is 0 Å². The lowest BCUT2D eigenvalue weighted by atomic mass is 10.2. The number of rotatable bonds is 1. The number of amidine groups is 1. The highest BCUT2D eigenvalue weighted by molar-refractivity contribution is 5.81. The Morgan fingerprint density at radius 3 is 2.67 bits per heavy atom. The molecule has 3 heteroatoms. The van der Waals surface area contributed by atoms with Crippen molar-refractivity contribution >= 4 is 11.5 Å². The van der Waals surface area contributed by atoms with Gasteiger partial charge in [0.25, 0.3) is 0 Å². The summed E-state index contributed by atoms with van der Waals surface area (Å²) in [5, 5.41) is 9.09. The van der Waals surface area contributed by atoms with Crippen molar-refractivity contribution in [3.05, 3.63) is 23.8 Å². The van der Waals surface area contributed by atoms with Crippen LogP contribution in [-0.4, -0.2) is 10.9 Å². The summed E-state index contributed by atoms with van der Waals surface area (Å²) in [7, 11) is 0. The van der Waals surface area contributed by atoms with Gasteiger partial charge in [-0.3, -0.25) is 0 Å². The number of phenolic OH excluding ortho intramolecular Hbond substituents is 1. The van der Waals surface area contributed by atoms with Crippen LogP contribution in [0, 0.1) is 6.92 Å². The highest BCUT2D eigenvalue weighted by Gasteiger charge is 1.96. The standard InChI is InChI=1S/C9H12N2O/c1-6-5-8(12)3-4-9(6)11-7(2)10/h3-5,12H,1-2H3,(H2,10,11). The Labute approximate surface area is 71.6 Å². The Bertz CT molecular complexity index is 314. The lowest BCUT2D eigenvalue weighted by molar-refractivity contribution is 0.475. The second kappa shape index (κ2) is 3.26. The second-order valence-electron chi connectivity index (χ2n) is 2.72. The van der Waals surface area contributed by atoms with Crippen molar-refractivity contribution in [3.8, 4) is 5.75 Å². The first-order valence-electron chi connectivity index (χ1n) is 3.70. The van der Waals surface area contributed by atoms with E-state index in [1.807, 2.05) is 6.92 Å². The molecule has 0 radical (unpaired) electrons. The van der Waals surface area contributed by atoms with E-state index in [0.717, 1.165) is 11.3 Å². The van der Waals surface area contributed by atoms with Gasteiger partial charge in [0.1, 0.15) is 5.75 Å². The topological polar surface area (TPSA) is 58.6 Å². The maximum absolute atomic E-state index is 9.09. The molecular formula is C9H12N2O. The minimum Gasteiger partial charge on any atom is -0.508 e. The Morgan fingerprint density at radius 1 is 1.50 bits per heavy atom. The largest absolute Gasteiger partial charge is 0.508 e. The van der Waals surface area contributed by atoms with Gasteiger partial charge in [0, 0.05) is 0 Å². The van der Waals surface area contributed by atoms with Crippen LogP contribution in [0.4, 0.5) is 5.69 Å². The second-order valence-corrected chi connectivity index (χ2v) is 2.72. The van der Waals surface area contributed by atoms with Gasteiger partial charge < -0.3 is 10.8 Å². The van der Waals surface area contributed by atoms with Gasteiger partial charge in [0.15, 0.2) is 0 Å². The molecule has 0 saturated heterocycles. The van der Waals surface area contributed by atoms with E-state index in [0.29, 0.717) is 5.84 Å². The minimum absolute atomic E-state index is 0.251. The van der Waals surface area contributed by atoms with Crippen molar-refractivity contribution < 1.29 is 5.11 Å². The Hall–Kier alpha value is -1.51. The molecule has 12 heavy (non-hydrogen) atoms. The third-order valence-electron chi connectivity index (χ3n) is 1.48. The molecule has 0 bridgehead atoms. The Balaban J connectivity index is 3.10. The van der Waals surface area contributed by atoms with Crippen LogP contribution in [0.3, 0.4) is 0 Å². The van der Waals surface area contributed by atoms with E-state index in [4.69, 9.17) is 10.8 Å². The van der Waals surface area contributed by atoms with Crippen LogP contribution in [0.5, 0.6) is 5.75 Å². The molecule has 1 aromatic rings. The number of nitrogens with zero attached hydrogens (tertiary/aromatic N) is 1. The molecule has 0 fully saturated rings. The van der Waals surface area contributed by atoms with Crippen molar-refractivity contribution in [2.45, 2.75) is 13.8 Å². The average molecular weight is 164 g/mol. The fourth-order valence-electron chi connectivity index (χ4n) is 0.955. The number of phenols is 1. The average Bonchev–Trinajstić information content (AvgIpc) is 1.94. The van der Waals surface area contributed by atoms with E-state index < -0.39 is 0 Å². The molecule has 1 rings (SSSR count). The summed E-state index contributed by atoms with van der Waals surface area (Å²) >= 11 is 0. The molecule has 0 atom stereocenters. The minimum atomic E-state index is 0.251. The van der Waals surface area contributed by atoms with Crippen molar-refractivity contribution in [1.82, 2.24) is 0 Å². The Morgan fingerprint density at radius 2 is 2.17 bits per heavy atom. The lowest BCUT2D eigenvalue weighted by Gasteiger charge is -2.00. The van der Waals surface area contributed by atoms with E-state index in [1.54, 1.807) is 25.1 Å². The smallest absolute Gasteiger partial charge is 0.115 e. The van der Waals surface area contributed by atoms with Gasteiger partial charge in [0.05, 0.1) is 11.5 Å². The molecule has 0 amide bonds. The van der Waals surface area contributed by atoms with Crippen molar-refractivity contribution in [1.29, 1.82) is 0 Å². The molecule has 0 unspecified atom stereocenters. The van der Waals surface area contributed by atoms with Crippen molar-refractivity contribution in [2.24, 2.45) is 10.7 Å². The van der Waals surface area contributed by atoms with Gasteiger partial charge in [-0.05, 0) is 37.6 Å². The van der Waals surface area contributed by atoms with Crippen LogP contribution in [0.15, 0.2) is 23.2 Å². The molecule has 0 heterocycles. The van der Waals surface area contributed by atoms with E-state index in [1.165, 1.54) is 0 Å². The quantitative estimate of drug-likeness (QED) is 0.490. The van der Waals surface area contributed by atoms with E-state index in [9.17, 15) is 0 Å². The molecule has 0 spiro atoms. The highest BCUT2D eigenvalue weighted by Crippen LogP contribution is 2.22. The molecule has 3 nitrogen and oxygen atoms in total. The molecule has 0 aliphatic rings. The summed E-state index contributed by atoms with van der Waals surface area (Å²) in [5.74, 6) is 0.768. The monoisotopic (exact) mass is 164 g/mol. The first-order valence-corrected chi connectivity index (χ1v) is 3.70. The number of benzene rings is 1. The fraction of sp³-hybridized carbons (Fsp3) is 0.222. The summed E-state index contributed by atoms with van der Waals surface area (Å²) < 4.78 is 0. The number of hydrogen-bond acceptors (Lipinski definition) is 2. The number of aryl methyl sites for hydroxylation is 1. The van der Waals surface area contributed by atoms with E-state index >= 15 is 0 Å². The van der Waals surface area contributed by atoms with Gasteiger partial charge >= 0.3 is 0 Å². The van der Waals surface area contributed by atoms with Crippen LogP contribution in [0.25, 0.3) is 0 Å². The van der Waals surface area contributed by atoms with Crippen LogP contribution in [0.1, 0.15) is 12.5 Å². The Kier molecular flexibility index (Phi) is 2.33. The summed E-state index contributed by atoms with van der Waals surface area (Å²) in [6.07, 6.45) is 0. The lowest BCUT2D eigenvalue weighted by Crippen LogP contribution is -2.03. The number of nitrogens with two attached hydrogens (primary N) is 1. The summed E-state index contributed by atoms with van der Waals surface area (Å²) in [6.45, 7) is 3.60. The molecule has 0 aliphatic heterocycles. The number of hydrogen-bond donors (Lipinski definition) is 2. The first kappa shape index (κ1) is 8.59. The SMILES string of the molecule is CC(N)=Nc1ccc(O)cc1C. The molecule has 3 N–H and O–H groups in total. The fourth-order valence-corrected chi connectivity index (χ4v) is 0.955. The zero-order chi connectivity index (χ0) is 9.14. The van der Waals surface area contributed by atoms with Crippen molar-refractivity contribution in [3.63, 3.8) is 0 Å². The number of aromatic hydroxyl groups is 1. The van der Waals surface area contributed by atoms with Gasteiger partial charge in [-0.15, -0.1) is 0 Å². The maximum atomic E-state index is 9.09. The third-order valence-corrected chi connectivity index (χ3v) is 1.48. The van der Waals surface area contributed by atoms with Gasteiger partial charge in [0.2, 0.25) is 0 Å². The van der Waals surface area contributed by atoms with Gasteiger partial charge in [-0.25, -0.2) is 4.99 Å². The van der Waals surface area contributed by atoms with E-state index in [-0.39, 0.29) is 5.75 Å². The molecule has 0 aromatic heterocycles. The van der Waals surface area contributed by atoms with Crippen LogP contribution in [-0.2, 0) is 0 Å². The molecule has 0 aliphatic carbocycles. The van der Waals surface area contributed by atoms with E-state index in [2.05, 4.69) is 4.99 Å². The predicted molar refractivity (Wildman–Crippen MR) is 49.8 cm³/mol. The summed E-state index contributed by atoms with van der Waals surface area (Å²) in [5.41, 5.74) is 7.13. The molecule has 0 saturated carbocycles. The number of aliphatic imine (C=N–C) groups is 1. The molecule has 64 valence electrons. The maximum Gasteiger partial charge on any atom is 0.115 e. The van der Waals surface area contributed by atoms with Gasteiger partial charge in [-0.2, -0.15) is 0 Å².